The van der Waals surface area contributed by atoms with Crippen molar-refractivity contribution < 1.29 is 9.59 Å². The average molecular weight is 381 g/mol. The molecular weight excluding hydrogens is 352 g/mol. The summed E-state index contributed by atoms with van der Waals surface area (Å²) in [4.78, 5) is 23.8. The molecule has 0 bridgehead atoms. The lowest BCUT2D eigenvalue weighted by molar-refractivity contribution is -0.122. The van der Waals surface area contributed by atoms with Crippen LogP contribution in [0.5, 0.6) is 0 Å². The van der Waals surface area contributed by atoms with E-state index in [0.717, 1.165) is 43.6 Å². The molecule has 0 spiro atoms. The van der Waals surface area contributed by atoms with E-state index in [0.29, 0.717) is 18.4 Å². The van der Waals surface area contributed by atoms with Gasteiger partial charge in [-0.15, -0.1) is 12.4 Å². The van der Waals surface area contributed by atoms with Crippen LogP contribution in [0.25, 0.3) is 0 Å². The second-order valence-corrected chi connectivity index (χ2v) is 7.18. The van der Waals surface area contributed by atoms with E-state index in [2.05, 4.69) is 21.3 Å². The number of carbonyl (C=O) groups is 2. The van der Waals surface area contributed by atoms with Crippen molar-refractivity contribution in [3.63, 3.8) is 0 Å². The van der Waals surface area contributed by atoms with Crippen molar-refractivity contribution in [3.05, 3.63) is 29.8 Å². The number of benzene rings is 1. The Morgan fingerprint density at radius 3 is 2.54 bits per heavy atom. The van der Waals surface area contributed by atoms with Crippen molar-refractivity contribution in [2.24, 2.45) is 5.92 Å². The molecule has 1 aromatic carbocycles. The third kappa shape index (κ3) is 6.50. The maximum absolute atomic E-state index is 12.1. The second-order valence-electron chi connectivity index (χ2n) is 7.18. The average Bonchev–Trinajstić information content (AvgIpc) is 3.24. The summed E-state index contributed by atoms with van der Waals surface area (Å²) in [7, 11) is 0. The van der Waals surface area contributed by atoms with Gasteiger partial charge < -0.3 is 21.3 Å². The smallest absolute Gasteiger partial charge is 0.319 e. The first kappa shape index (κ1) is 20.5. The van der Waals surface area contributed by atoms with Gasteiger partial charge in [0.1, 0.15) is 0 Å². The molecule has 1 heterocycles. The van der Waals surface area contributed by atoms with Gasteiger partial charge in [0.15, 0.2) is 0 Å². The summed E-state index contributed by atoms with van der Waals surface area (Å²) in [5.41, 5.74) is 1.79. The summed E-state index contributed by atoms with van der Waals surface area (Å²) >= 11 is 0. The van der Waals surface area contributed by atoms with E-state index in [-0.39, 0.29) is 30.4 Å². The van der Waals surface area contributed by atoms with Crippen LogP contribution in [0.4, 0.5) is 10.5 Å². The van der Waals surface area contributed by atoms with Gasteiger partial charge in [-0.1, -0.05) is 12.1 Å². The molecule has 2 atom stereocenters. The first-order valence-corrected chi connectivity index (χ1v) is 9.27. The molecule has 1 saturated carbocycles. The molecule has 1 saturated heterocycles. The van der Waals surface area contributed by atoms with E-state index >= 15 is 0 Å². The molecule has 0 aromatic heterocycles. The molecule has 0 radical (unpaired) electrons. The van der Waals surface area contributed by atoms with Crippen LogP contribution in [0.2, 0.25) is 0 Å². The Hall–Kier alpha value is -1.79. The standard InChI is InChI=1S/C19H28N4O2.ClH/c1-13(21-18(24)9-2-14-10-11-20-12-14)15-3-5-16(6-4-15)22-19(25)23-17-7-8-17;/h3-6,13-14,17,20H,2,7-12H2,1H3,(H,21,24)(H2,22,23,25);1H. The Labute approximate surface area is 161 Å². The quantitative estimate of drug-likeness (QED) is 0.587. The molecule has 144 valence electrons. The number of carbonyl (C=O) groups excluding carboxylic acids is 2. The Balaban J connectivity index is 0.00000243. The highest BCUT2D eigenvalue weighted by atomic mass is 35.5. The maximum atomic E-state index is 12.1. The second kappa shape index (κ2) is 9.78. The van der Waals surface area contributed by atoms with E-state index in [4.69, 9.17) is 0 Å². The van der Waals surface area contributed by atoms with Gasteiger partial charge in [0, 0.05) is 18.2 Å². The van der Waals surface area contributed by atoms with Gasteiger partial charge in [0.05, 0.1) is 6.04 Å². The Morgan fingerprint density at radius 2 is 1.92 bits per heavy atom. The molecule has 1 aliphatic carbocycles. The van der Waals surface area contributed by atoms with Gasteiger partial charge in [-0.25, -0.2) is 4.79 Å². The third-order valence-electron chi connectivity index (χ3n) is 4.90. The molecule has 6 nitrogen and oxygen atoms in total. The molecule has 2 fully saturated rings. The van der Waals surface area contributed by atoms with E-state index < -0.39 is 0 Å². The van der Waals surface area contributed by atoms with Crippen molar-refractivity contribution in [1.29, 1.82) is 0 Å². The van der Waals surface area contributed by atoms with Crippen LogP contribution in [-0.2, 0) is 4.79 Å². The minimum Gasteiger partial charge on any atom is -0.350 e. The summed E-state index contributed by atoms with van der Waals surface area (Å²) in [5, 5.41) is 12.1. The van der Waals surface area contributed by atoms with Gasteiger partial charge in [-0.2, -0.15) is 0 Å². The largest absolute Gasteiger partial charge is 0.350 e. The highest BCUT2D eigenvalue weighted by molar-refractivity contribution is 5.89. The fourth-order valence-corrected chi connectivity index (χ4v) is 3.13. The molecule has 3 rings (SSSR count). The Bertz CT molecular complexity index is 598. The van der Waals surface area contributed by atoms with Crippen LogP contribution in [-0.4, -0.2) is 31.1 Å². The monoisotopic (exact) mass is 380 g/mol. The fraction of sp³-hybridized carbons (Fsp3) is 0.579. The Morgan fingerprint density at radius 1 is 1.19 bits per heavy atom. The molecule has 26 heavy (non-hydrogen) atoms. The lowest BCUT2D eigenvalue weighted by Crippen LogP contribution is -2.30. The molecule has 1 aliphatic heterocycles. The predicted molar refractivity (Wildman–Crippen MR) is 106 cm³/mol. The predicted octanol–water partition coefficient (Wildman–Crippen LogP) is 2.96. The number of hydrogen-bond acceptors (Lipinski definition) is 3. The molecule has 7 heteroatoms. The molecule has 4 N–H and O–H groups in total. The first-order valence-electron chi connectivity index (χ1n) is 9.27. The van der Waals surface area contributed by atoms with E-state index in [9.17, 15) is 9.59 Å². The maximum Gasteiger partial charge on any atom is 0.319 e. The van der Waals surface area contributed by atoms with Crippen LogP contribution in [0, 0.1) is 5.92 Å². The number of amides is 3. The number of urea groups is 1. The van der Waals surface area contributed by atoms with E-state index in [1.807, 2.05) is 31.2 Å². The highest BCUT2D eigenvalue weighted by Gasteiger charge is 2.23. The highest BCUT2D eigenvalue weighted by Crippen LogP contribution is 2.20. The van der Waals surface area contributed by atoms with Gasteiger partial charge in [-0.3, -0.25) is 4.79 Å². The summed E-state index contributed by atoms with van der Waals surface area (Å²) < 4.78 is 0. The fourth-order valence-electron chi connectivity index (χ4n) is 3.13. The van der Waals surface area contributed by atoms with Crippen LogP contribution >= 0.6 is 12.4 Å². The normalized spacial score (nSPS) is 20.0. The number of halogens is 1. The summed E-state index contributed by atoms with van der Waals surface area (Å²) in [6.07, 6.45) is 4.84. The van der Waals surface area contributed by atoms with Gasteiger partial charge >= 0.3 is 6.03 Å². The first-order chi connectivity index (χ1) is 12.1. The number of rotatable bonds is 7. The zero-order chi connectivity index (χ0) is 17.6. The molecule has 2 aliphatic rings. The zero-order valence-electron chi connectivity index (χ0n) is 15.2. The molecule has 1 aromatic rings. The topological polar surface area (TPSA) is 82.3 Å². The van der Waals surface area contributed by atoms with Crippen molar-refractivity contribution in [2.75, 3.05) is 18.4 Å². The van der Waals surface area contributed by atoms with Crippen LogP contribution in [0.1, 0.15) is 50.6 Å². The molecule has 3 amide bonds. The van der Waals surface area contributed by atoms with Gasteiger partial charge in [-0.05, 0) is 69.3 Å². The molecular formula is C19H29ClN4O2. The number of anilines is 1. The van der Waals surface area contributed by atoms with Gasteiger partial charge in [0.2, 0.25) is 5.91 Å². The summed E-state index contributed by atoms with van der Waals surface area (Å²) in [5.74, 6) is 0.735. The van der Waals surface area contributed by atoms with Crippen molar-refractivity contribution in [1.82, 2.24) is 16.0 Å². The number of hydrogen-bond donors (Lipinski definition) is 4. The van der Waals surface area contributed by atoms with Crippen molar-refractivity contribution in [2.45, 2.75) is 51.1 Å². The summed E-state index contributed by atoms with van der Waals surface area (Å²) in [6.45, 7) is 4.09. The van der Waals surface area contributed by atoms with Crippen LogP contribution < -0.4 is 21.3 Å². The van der Waals surface area contributed by atoms with Crippen molar-refractivity contribution in [3.8, 4) is 0 Å². The van der Waals surface area contributed by atoms with E-state index in [1.165, 1.54) is 6.42 Å². The number of nitrogens with one attached hydrogen (secondary N) is 4. The molecule has 2 unspecified atom stereocenters. The van der Waals surface area contributed by atoms with E-state index in [1.54, 1.807) is 0 Å². The minimum atomic E-state index is -0.155. The minimum absolute atomic E-state index is 0. The SMILES string of the molecule is CC(NC(=O)CCC1CCNC1)c1ccc(NC(=O)NC2CC2)cc1.Cl. The van der Waals surface area contributed by atoms with Crippen molar-refractivity contribution >= 4 is 30.0 Å². The van der Waals surface area contributed by atoms with Gasteiger partial charge in [0.25, 0.3) is 0 Å². The van der Waals surface area contributed by atoms with Crippen LogP contribution in [0.15, 0.2) is 24.3 Å². The third-order valence-corrected chi connectivity index (χ3v) is 4.90. The lowest BCUT2D eigenvalue weighted by atomic mass is 10.0. The summed E-state index contributed by atoms with van der Waals surface area (Å²) in [6, 6.07) is 7.77. The lowest BCUT2D eigenvalue weighted by Gasteiger charge is -2.16. The Kier molecular flexibility index (Phi) is 7.72. The van der Waals surface area contributed by atoms with Crippen LogP contribution in [0.3, 0.4) is 0 Å². The zero-order valence-corrected chi connectivity index (χ0v) is 16.0.